The number of imidazole rings is 1. The summed E-state index contributed by atoms with van der Waals surface area (Å²) >= 11 is 0. The molecule has 0 radical (unpaired) electrons. The number of ether oxygens (including phenoxy) is 1. The van der Waals surface area contributed by atoms with Gasteiger partial charge in [-0.25, -0.2) is 4.98 Å². The van der Waals surface area contributed by atoms with Crippen LogP contribution in [0.2, 0.25) is 0 Å². The molecule has 0 bridgehead atoms. The average Bonchev–Trinajstić information content (AvgIpc) is 2.83. The Morgan fingerprint density at radius 2 is 2.10 bits per heavy atom. The third-order valence-electron chi connectivity index (χ3n) is 3.30. The van der Waals surface area contributed by atoms with Crippen molar-refractivity contribution in [1.82, 2.24) is 14.0 Å². The Balaban J connectivity index is 2.33. The van der Waals surface area contributed by atoms with Gasteiger partial charge in [0.05, 0.1) is 24.6 Å². The van der Waals surface area contributed by atoms with E-state index in [1.165, 1.54) is 11.7 Å². The van der Waals surface area contributed by atoms with Crippen LogP contribution in [0.5, 0.6) is 0 Å². The number of aryl methyl sites for hydroxylation is 1. The molecule has 0 amide bonds. The highest BCUT2D eigenvalue weighted by atomic mass is 16.5. The van der Waals surface area contributed by atoms with Crippen molar-refractivity contribution in [1.29, 1.82) is 0 Å². The molecule has 1 aromatic carbocycles. The lowest BCUT2D eigenvalue weighted by molar-refractivity contribution is -0.139. The second kappa shape index (κ2) is 4.48. The van der Waals surface area contributed by atoms with E-state index in [9.17, 15) is 9.59 Å². The predicted octanol–water partition coefficient (Wildman–Crippen LogP) is 0.902. The molecule has 0 saturated heterocycles. The maximum atomic E-state index is 12.2. The molecule has 6 nitrogen and oxygen atoms in total. The van der Waals surface area contributed by atoms with E-state index in [-0.39, 0.29) is 12.0 Å². The van der Waals surface area contributed by atoms with Gasteiger partial charge in [0.25, 0.3) is 5.56 Å². The zero-order chi connectivity index (χ0) is 14.3. The quantitative estimate of drug-likeness (QED) is 0.650. The van der Waals surface area contributed by atoms with Crippen LogP contribution < -0.4 is 5.56 Å². The van der Waals surface area contributed by atoms with Crippen LogP contribution in [-0.4, -0.2) is 27.0 Å². The van der Waals surface area contributed by atoms with Crippen molar-refractivity contribution in [3.63, 3.8) is 0 Å². The van der Waals surface area contributed by atoms with Crippen LogP contribution in [0.3, 0.4) is 0 Å². The fraction of sp³-hybridized carbons (Fsp3) is 0.214. The Kier molecular flexibility index (Phi) is 2.78. The predicted molar refractivity (Wildman–Crippen MR) is 73.7 cm³/mol. The molecule has 0 spiro atoms. The smallest absolute Gasteiger partial charge is 0.310 e. The number of aromatic nitrogens is 3. The first-order valence-corrected chi connectivity index (χ1v) is 6.14. The molecule has 0 unspecified atom stereocenters. The first-order valence-electron chi connectivity index (χ1n) is 6.14. The molecule has 0 aliphatic rings. The van der Waals surface area contributed by atoms with Crippen molar-refractivity contribution >= 4 is 22.8 Å². The molecule has 0 saturated carbocycles. The van der Waals surface area contributed by atoms with Gasteiger partial charge in [-0.2, -0.15) is 0 Å². The molecule has 102 valence electrons. The average molecular weight is 271 g/mol. The third kappa shape index (κ3) is 1.77. The molecule has 3 rings (SSSR count). The Labute approximate surface area is 114 Å². The minimum Gasteiger partial charge on any atom is -0.469 e. The van der Waals surface area contributed by atoms with Crippen LogP contribution in [-0.2, 0) is 23.0 Å². The van der Waals surface area contributed by atoms with E-state index >= 15 is 0 Å². The molecular formula is C14H13N3O3. The van der Waals surface area contributed by atoms with E-state index in [4.69, 9.17) is 0 Å². The molecule has 2 heterocycles. The van der Waals surface area contributed by atoms with Gasteiger partial charge >= 0.3 is 5.97 Å². The van der Waals surface area contributed by atoms with Gasteiger partial charge in [-0.3, -0.25) is 18.6 Å². The van der Waals surface area contributed by atoms with Gasteiger partial charge in [-0.05, 0) is 12.1 Å². The van der Waals surface area contributed by atoms with E-state index in [2.05, 4.69) is 9.72 Å². The summed E-state index contributed by atoms with van der Waals surface area (Å²) in [5.74, 6) is 0.107. The van der Waals surface area contributed by atoms with Gasteiger partial charge in [0, 0.05) is 18.8 Å². The second-order valence-corrected chi connectivity index (χ2v) is 4.54. The van der Waals surface area contributed by atoms with Gasteiger partial charge < -0.3 is 4.74 Å². The van der Waals surface area contributed by atoms with Crippen LogP contribution in [0, 0.1) is 0 Å². The zero-order valence-electron chi connectivity index (χ0n) is 11.2. The fourth-order valence-electron chi connectivity index (χ4n) is 2.26. The van der Waals surface area contributed by atoms with E-state index in [0.29, 0.717) is 11.3 Å². The molecular weight excluding hydrogens is 258 g/mol. The number of carbonyl (C=O) groups is 1. The number of para-hydroxylation sites is 2. The van der Waals surface area contributed by atoms with Crippen molar-refractivity contribution in [2.24, 2.45) is 7.05 Å². The molecule has 20 heavy (non-hydrogen) atoms. The first kappa shape index (κ1) is 12.4. The normalized spacial score (nSPS) is 11.1. The summed E-state index contributed by atoms with van der Waals surface area (Å²) in [6, 6.07) is 7.60. The molecule has 2 aromatic heterocycles. The molecule has 0 atom stereocenters. The summed E-state index contributed by atoms with van der Waals surface area (Å²) in [5.41, 5.74) is 1.84. The number of benzene rings is 1. The number of fused-ring (bicyclic) bond motifs is 3. The van der Waals surface area contributed by atoms with Crippen molar-refractivity contribution in [2.45, 2.75) is 6.42 Å². The third-order valence-corrected chi connectivity index (χ3v) is 3.30. The topological polar surface area (TPSA) is 65.6 Å². The largest absolute Gasteiger partial charge is 0.469 e. The zero-order valence-corrected chi connectivity index (χ0v) is 11.2. The number of hydrogen-bond acceptors (Lipinski definition) is 4. The number of hydrogen-bond donors (Lipinski definition) is 0. The van der Waals surface area contributed by atoms with Crippen LogP contribution in [0.1, 0.15) is 5.56 Å². The summed E-state index contributed by atoms with van der Waals surface area (Å²) in [5, 5.41) is 0. The number of nitrogens with zero attached hydrogens (tertiary/aromatic N) is 3. The van der Waals surface area contributed by atoms with Gasteiger partial charge in [0.1, 0.15) is 0 Å². The van der Waals surface area contributed by atoms with Crippen molar-refractivity contribution in [3.05, 3.63) is 46.4 Å². The minimum absolute atomic E-state index is 0.0500. The first-order chi connectivity index (χ1) is 9.61. The van der Waals surface area contributed by atoms with Crippen molar-refractivity contribution in [3.8, 4) is 0 Å². The Morgan fingerprint density at radius 3 is 2.85 bits per heavy atom. The Morgan fingerprint density at radius 1 is 1.35 bits per heavy atom. The number of methoxy groups -OCH3 is 1. The Bertz CT molecular complexity index is 876. The van der Waals surface area contributed by atoms with Crippen LogP contribution in [0.15, 0.2) is 35.3 Å². The molecule has 0 N–H and O–H groups in total. The van der Waals surface area contributed by atoms with E-state index < -0.39 is 5.97 Å². The van der Waals surface area contributed by atoms with Crippen LogP contribution >= 0.6 is 0 Å². The summed E-state index contributed by atoms with van der Waals surface area (Å²) in [6.45, 7) is 0. The molecule has 0 aliphatic heterocycles. The highest BCUT2D eigenvalue weighted by molar-refractivity contribution is 5.79. The SMILES string of the molecule is COC(=O)Cc1cn2c3ccccc3nc2n(C)c1=O. The maximum absolute atomic E-state index is 12.2. The fourth-order valence-corrected chi connectivity index (χ4v) is 2.26. The van der Waals surface area contributed by atoms with Crippen molar-refractivity contribution in [2.75, 3.05) is 7.11 Å². The monoisotopic (exact) mass is 271 g/mol. The highest BCUT2D eigenvalue weighted by Crippen LogP contribution is 2.15. The lowest BCUT2D eigenvalue weighted by atomic mass is 10.2. The van der Waals surface area contributed by atoms with Gasteiger partial charge in [0.15, 0.2) is 0 Å². The maximum Gasteiger partial charge on any atom is 0.310 e. The number of esters is 1. The van der Waals surface area contributed by atoms with Crippen LogP contribution in [0.25, 0.3) is 16.8 Å². The van der Waals surface area contributed by atoms with Crippen molar-refractivity contribution < 1.29 is 9.53 Å². The lowest BCUT2D eigenvalue weighted by Crippen LogP contribution is -2.25. The summed E-state index contributed by atoms with van der Waals surface area (Å²) in [6.07, 6.45) is 1.61. The standard InChI is InChI=1S/C14H13N3O3/c1-16-13(19)9(7-12(18)20-2)8-17-11-6-4-3-5-10(11)15-14(16)17/h3-6,8H,7H2,1-2H3. The summed E-state index contributed by atoms with van der Waals surface area (Å²) in [4.78, 5) is 28.0. The molecule has 0 fully saturated rings. The van der Waals surface area contributed by atoms with Crippen LogP contribution in [0.4, 0.5) is 0 Å². The van der Waals surface area contributed by atoms with Gasteiger partial charge in [-0.1, -0.05) is 12.1 Å². The second-order valence-electron chi connectivity index (χ2n) is 4.54. The number of carbonyl (C=O) groups excluding carboxylic acids is 1. The van der Waals surface area contributed by atoms with E-state index in [1.807, 2.05) is 28.7 Å². The van der Waals surface area contributed by atoms with Gasteiger partial charge in [-0.15, -0.1) is 0 Å². The highest BCUT2D eigenvalue weighted by Gasteiger charge is 2.14. The van der Waals surface area contributed by atoms with E-state index in [0.717, 1.165) is 11.0 Å². The van der Waals surface area contributed by atoms with Gasteiger partial charge in [0.2, 0.25) is 5.78 Å². The Hall–Kier alpha value is -2.63. The molecule has 3 aromatic rings. The summed E-state index contributed by atoms with van der Waals surface area (Å²) in [7, 11) is 2.95. The summed E-state index contributed by atoms with van der Waals surface area (Å²) < 4.78 is 7.88. The lowest BCUT2D eigenvalue weighted by Gasteiger charge is -2.05. The minimum atomic E-state index is -0.439. The molecule has 6 heteroatoms. The number of rotatable bonds is 2. The van der Waals surface area contributed by atoms with E-state index in [1.54, 1.807) is 13.2 Å². The molecule has 0 aliphatic carbocycles.